The van der Waals surface area contributed by atoms with Crippen LogP contribution in [0.3, 0.4) is 0 Å². The summed E-state index contributed by atoms with van der Waals surface area (Å²) in [6.07, 6.45) is 0.611. The van der Waals surface area contributed by atoms with Crippen LogP contribution in [0.1, 0.15) is 25.0 Å². The van der Waals surface area contributed by atoms with Crippen molar-refractivity contribution in [3.63, 3.8) is 0 Å². The molecule has 27 heavy (non-hydrogen) atoms. The van der Waals surface area contributed by atoms with Crippen molar-refractivity contribution in [2.45, 2.75) is 38.3 Å². The Hall–Kier alpha value is -2.55. The van der Waals surface area contributed by atoms with Gasteiger partial charge in [0.15, 0.2) is 0 Å². The molecule has 2 aromatic carbocycles. The lowest BCUT2D eigenvalue weighted by Gasteiger charge is -2.28. The van der Waals surface area contributed by atoms with E-state index in [0.29, 0.717) is 18.7 Å². The third-order valence-corrected chi connectivity index (χ3v) is 4.27. The van der Waals surface area contributed by atoms with Crippen molar-refractivity contribution in [1.82, 2.24) is 5.32 Å². The third kappa shape index (κ3) is 7.30. The van der Waals surface area contributed by atoms with Gasteiger partial charge in [-0.1, -0.05) is 24.3 Å². The zero-order valence-electron chi connectivity index (χ0n) is 16.2. The van der Waals surface area contributed by atoms with Gasteiger partial charge in [0.05, 0.1) is 19.6 Å². The van der Waals surface area contributed by atoms with Gasteiger partial charge in [0.25, 0.3) is 0 Å². The highest BCUT2D eigenvalue weighted by Gasteiger charge is 2.19. The summed E-state index contributed by atoms with van der Waals surface area (Å²) in [5, 5.41) is 22.3. The number of aliphatic hydroxyl groups is 1. The molecule has 2 aromatic rings. The van der Waals surface area contributed by atoms with Crippen LogP contribution in [0.2, 0.25) is 0 Å². The summed E-state index contributed by atoms with van der Waals surface area (Å²) in [7, 11) is 1.66. The lowest BCUT2D eigenvalue weighted by Crippen LogP contribution is -2.46. The number of benzene rings is 2. The van der Waals surface area contributed by atoms with Gasteiger partial charge in [-0.15, -0.1) is 0 Å². The topological polar surface area (TPSA) is 74.5 Å². The van der Waals surface area contributed by atoms with Crippen LogP contribution in [-0.4, -0.2) is 37.0 Å². The molecule has 0 aromatic heterocycles. The zero-order chi connectivity index (χ0) is 19.7. The number of methoxy groups -OCH3 is 1. The van der Waals surface area contributed by atoms with Gasteiger partial charge in [0, 0.05) is 12.1 Å². The van der Waals surface area contributed by atoms with E-state index in [1.54, 1.807) is 7.11 Å². The molecule has 144 valence electrons. The molecule has 0 radical (unpaired) electrons. The van der Waals surface area contributed by atoms with E-state index in [9.17, 15) is 5.11 Å². The van der Waals surface area contributed by atoms with Gasteiger partial charge in [-0.05, 0) is 55.7 Å². The lowest BCUT2D eigenvalue weighted by atomic mass is 9.94. The summed E-state index contributed by atoms with van der Waals surface area (Å²) in [5.41, 5.74) is 2.00. The predicted molar refractivity (Wildman–Crippen MR) is 106 cm³/mol. The second-order valence-corrected chi connectivity index (χ2v) is 7.23. The van der Waals surface area contributed by atoms with E-state index in [0.717, 1.165) is 17.7 Å². The molecule has 0 aliphatic carbocycles. The van der Waals surface area contributed by atoms with Crippen LogP contribution in [0.4, 0.5) is 0 Å². The number of rotatable bonds is 10. The molecular weight excluding hydrogens is 340 g/mol. The average molecular weight is 368 g/mol. The van der Waals surface area contributed by atoms with E-state index in [4.69, 9.17) is 14.7 Å². The highest BCUT2D eigenvalue weighted by atomic mass is 16.5. The molecule has 2 rings (SSSR count). The molecule has 5 nitrogen and oxygen atoms in total. The summed E-state index contributed by atoms with van der Waals surface area (Å²) in [6.45, 7) is 4.87. The summed E-state index contributed by atoms with van der Waals surface area (Å²) >= 11 is 0. The van der Waals surface area contributed by atoms with E-state index >= 15 is 0 Å². The smallest absolute Gasteiger partial charge is 0.119 e. The molecule has 0 aliphatic rings. The number of hydrogen-bond acceptors (Lipinski definition) is 5. The Morgan fingerprint density at radius 1 is 1.04 bits per heavy atom. The number of aliphatic hydroxyl groups excluding tert-OH is 1. The van der Waals surface area contributed by atoms with Crippen LogP contribution in [-0.2, 0) is 12.8 Å². The molecule has 2 N–H and O–H groups in total. The Morgan fingerprint density at radius 3 is 2.22 bits per heavy atom. The first kappa shape index (κ1) is 20.8. The Morgan fingerprint density at radius 2 is 1.63 bits per heavy atom. The fraction of sp³-hybridized carbons (Fsp3) is 0.409. The van der Waals surface area contributed by atoms with Crippen molar-refractivity contribution in [3.05, 3.63) is 59.7 Å². The number of nitrogens with zero attached hydrogens (tertiary/aromatic N) is 1. The molecule has 0 spiro atoms. The molecule has 0 bridgehead atoms. The quantitative estimate of drug-likeness (QED) is 0.674. The van der Waals surface area contributed by atoms with E-state index in [1.165, 1.54) is 5.56 Å². The molecule has 0 aliphatic heterocycles. The molecule has 0 fully saturated rings. The number of nitriles is 1. The average Bonchev–Trinajstić information content (AvgIpc) is 2.66. The van der Waals surface area contributed by atoms with Crippen LogP contribution in [0.5, 0.6) is 11.5 Å². The van der Waals surface area contributed by atoms with Crippen LogP contribution in [0.25, 0.3) is 0 Å². The summed E-state index contributed by atoms with van der Waals surface area (Å²) in [6, 6.07) is 17.5. The van der Waals surface area contributed by atoms with Crippen LogP contribution in [0, 0.1) is 11.3 Å². The highest BCUT2D eigenvalue weighted by Crippen LogP contribution is 2.17. The zero-order valence-corrected chi connectivity index (χ0v) is 16.2. The SMILES string of the molecule is COc1ccc(CC(C)(C)NCC(O)COc2ccc(CC#N)cc2)cc1. The molecule has 0 saturated heterocycles. The van der Waals surface area contributed by atoms with Gasteiger partial charge < -0.3 is 19.9 Å². The second kappa shape index (κ2) is 9.96. The Labute approximate surface area is 161 Å². The lowest BCUT2D eigenvalue weighted by molar-refractivity contribution is 0.0988. The minimum atomic E-state index is -0.612. The fourth-order valence-corrected chi connectivity index (χ4v) is 2.76. The van der Waals surface area contributed by atoms with Gasteiger partial charge in [0.1, 0.15) is 24.2 Å². The first-order valence-electron chi connectivity index (χ1n) is 9.06. The van der Waals surface area contributed by atoms with Crippen LogP contribution >= 0.6 is 0 Å². The largest absolute Gasteiger partial charge is 0.497 e. The molecule has 1 unspecified atom stereocenters. The van der Waals surface area contributed by atoms with Gasteiger partial charge in [-0.25, -0.2) is 0 Å². The molecule has 0 amide bonds. The van der Waals surface area contributed by atoms with E-state index in [-0.39, 0.29) is 12.1 Å². The number of β-amino-alcohol motifs (C(OH)–C–C–N with tert-alkyl or cyclic N) is 1. The molecule has 0 heterocycles. The van der Waals surface area contributed by atoms with Crippen molar-refractivity contribution in [3.8, 4) is 17.6 Å². The van der Waals surface area contributed by atoms with Gasteiger partial charge in [-0.3, -0.25) is 0 Å². The Bertz CT molecular complexity index is 734. The predicted octanol–water partition coefficient (Wildman–Crippen LogP) is 3.11. The first-order valence-corrected chi connectivity index (χ1v) is 9.06. The number of ether oxygens (including phenoxy) is 2. The van der Waals surface area contributed by atoms with Crippen molar-refractivity contribution < 1.29 is 14.6 Å². The Balaban J connectivity index is 1.75. The van der Waals surface area contributed by atoms with Crippen LogP contribution < -0.4 is 14.8 Å². The maximum absolute atomic E-state index is 10.2. The van der Waals surface area contributed by atoms with Gasteiger partial charge >= 0.3 is 0 Å². The second-order valence-electron chi connectivity index (χ2n) is 7.23. The monoisotopic (exact) mass is 368 g/mol. The van der Waals surface area contributed by atoms with Gasteiger partial charge in [-0.2, -0.15) is 5.26 Å². The molecule has 5 heteroatoms. The summed E-state index contributed by atoms with van der Waals surface area (Å²) in [5.74, 6) is 1.53. The fourth-order valence-electron chi connectivity index (χ4n) is 2.76. The normalized spacial score (nSPS) is 12.3. The van der Waals surface area contributed by atoms with Gasteiger partial charge in [0.2, 0.25) is 0 Å². The van der Waals surface area contributed by atoms with Crippen molar-refractivity contribution >= 4 is 0 Å². The maximum Gasteiger partial charge on any atom is 0.119 e. The molecular formula is C22H28N2O3. The minimum absolute atomic E-state index is 0.158. The van der Waals surface area contributed by atoms with E-state index in [2.05, 4.69) is 37.4 Å². The van der Waals surface area contributed by atoms with E-state index in [1.807, 2.05) is 36.4 Å². The van der Waals surface area contributed by atoms with Crippen molar-refractivity contribution in [2.75, 3.05) is 20.3 Å². The minimum Gasteiger partial charge on any atom is -0.497 e. The highest BCUT2D eigenvalue weighted by molar-refractivity contribution is 5.29. The summed E-state index contributed by atoms with van der Waals surface area (Å²) < 4.78 is 10.8. The number of hydrogen-bond donors (Lipinski definition) is 2. The van der Waals surface area contributed by atoms with Crippen LogP contribution in [0.15, 0.2) is 48.5 Å². The first-order chi connectivity index (χ1) is 12.9. The third-order valence-electron chi connectivity index (χ3n) is 4.27. The summed E-state index contributed by atoms with van der Waals surface area (Å²) in [4.78, 5) is 0. The van der Waals surface area contributed by atoms with E-state index < -0.39 is 6.10 Å². The maximum atomic E-state index is 10.2. The number of nitrogens with one attached hydrogen (secondary N) is 1. The van der Waals surface area contributed by atoms with Crippen molar-refractivity contribution in [2.24, 2.45) is 0 Å². The standard InChI is InChI=1S/C22H28N2O3/c1-22(2,14-18-6-8-20(26-3)9-7-18)24-15-19(25)16-27-21-10-4-17(5-11-21)12-13-23/h4-11,19,24-25H,12,14-16H2,1-3H3. The van der Waals surface area contributed by atoms with Crippen molar-refractivity contribution in [1.29, 1.82) is 5.26 Å². The molecule has 1 atom stereocenters. The molecule has 0 saturated carbocycles. The Kier molecular flexibility index (Phi) is 7.66.